The van der Waals surface area contributed by atoms with Crippen LogP contribution in [0.3, 0.4) is 0 Å². The number of aliphatic hydroxyl groups excluding tert-OH is 1. The number of phenols is 2. The van der Waals surface area contributed by atoms with Gasteiger partial charge in [0, 0.05) is 22.7 Å². The molecule has 0 saturated carbocycles. The molecule has 1 atom stereocenters. The molecule has 156 valence electrons. The summed E-state index contributed by atoms with van der Waals surface area (Å²) in [5, 5.41) is 37.4. The number of aromatic hydroxyl groups is 2. The number of rotatable bonds is 6. The van der Waals surface area contributed by atoms with Crippen molar-refractivity contribution in [3.63, 3.8) is 0 Å². The highest BCUT2D eigenvalue weighted by molar-refractivity contribution is 6.31. The Bertz CT molecular complexity index is 1110. The average molecular weight is 430 g/mol. The van der Waals surface area contributed by atoms with E-state index in [0.29, 0.717) is 34.0 Å². The molecule has 3 aromatic rings. The van der Waals surface area contributed by atoms with Gasteiger partial charge in [0.05, 0.1) is 19.3 Å². The second-order valence-electron chi connectivity index (χ2n) is 6.81. The molecular weight excluding hydrogens is 410 g/mol. The molecule has 1 unspecified atom stereocenters. The highest BCUT2D eigenvalue weighted by atomic mass is 35.5. The Labute approximate surface area is 177 Å². The van der Waals surface area contributed by atoms with Crippen molar-refractivity contribution >= 4 is 17.5 Å². The number of benzene rings is 2. The molecule has 1 aliphatic heterocycles. The maximum absolute atomic E-state index is 13.0. The summed E-state index contributed by atoms with van der Waals surface area (Å²) in [4.78, 5) is 14.5. The number of halogens is 1. The number of nitrogens with zero attached hydrogens (tertiary/aromatic N) is 2. The van der Waals surface area contributed by atoms with E-state index in [2.05, 4.69) is 10.2 Å². The molecule has 0 aliphatic carbocycles. The van der Waals surface area contributed by atoms with E-state index < -0.39 is 6.04 Å². The number of phenolic OH excluding ortho intramolecular Hbond substituents is 2. The number of nitrogens with one attached hydrogen (secondary N) is 1. The van der Waals surface area contributed by atoms with Crippen LogP contribution >= 0.6 is 11.6 Å². The van der Waals surface area contributed by atoms with Crippen LogP contribution in [-0.2, 0) is 0 Å². The minimum atomic E-state index is -0.605. The van der Waals surface area contributed by atoms with Gasteiger partial charge < -0.3 is 25.0 Å². The first kappa shape index (κ1) is 20.1. The van der Waals surface area contributed by atoms with Gasteiger partial charge in [0.1, 0.15) is 17.1 Å². The monoisotopic (exact) mass is 429 g/mol. The van der Waals surface area contributed by atoms with Crippen molar-refractivity contribution in [2.75, 3.05) is 19.8 Å². The largest absolute Gasteiger partial charge is 0.507 e. The number of hydrogen-bond acceptors (Lipinski definition) is 6. The van der Waals surface area contributed by atoms with E-state index in [1.807, 2.05) is 0 Å². The standard InChI is InChI=1S/C21H20ClN3O5/c1-2-30-16-9-11(3-5-15(16)28)20-17-18(13-10-12(22)4-6-14(13)27)23-24-19(17)21(29)25(20)7-8-26/h3-6,9-10,20,26-28H,2,7-8H2,1H3,(H,23,24). The summed E-state index contributed by atoms with van der Waals surface area (Å²) in [6.45, 7) is 2.03. The molecule has 1 aliphatic rings. The molecule has 4 N–H and O–H groups in total. The van der Waals surface area contributed by atoms with Crippen LogP contribution < -0.4 is 4.74 Å². The van der Waals surface area contributed by atoms with Crippen molar-refractivity contribution in [3.05, 3.63) is 58.2 Å². The molecule has 4 rings (SSSR count). The summed E-state index contributed by atoms with van der Waals surface area (Å²) >= 11 is 6.11. The van der Waals surface area contributed by atoms with Crippen LogP contribution in [0.2, 0.25) is 5.02 Å². The quantitative estimate of drug-likeness (QED) is 0.478. The first-order valence-electron chi connectivity index (χ1n) is 9.41. The number of ether oxygens (including phenoxy) is 1. The van der Waals surface area contributed by atoms with Gasteiger partial charge in [0.15, 0.2) is 11.5 Å². The molecule has 0 bridgehead atoms. The fourth-order valence-corrected chi connectivity index (χ4v) is 3.93. The lowest BCUT2D eigenvalue weighted by atomic mass is 9.95. The zero-order chi connectivity index (χ0) is 21.4. The Balaban J connectivity index is 1.91. The lowest BCUT2D eigenvalue weighted by Gasteiger charge is -2.26. The molecule has 30 heavy (non-hydrogen) atoms. The first-order chi connectivity index (χ1) is 14.5. The van der Waals surface area contributed by atoms with Crippen LogP contribution in [-0.4, -0.2) is 56.1 Å². The zero-order valence-electron chi connectivity index (χ0n) is 16.1. The predicted octanol–water partition coefficient (Wildman–Crippen LogP) is 3.08. The van der Waals surface area contributed by atoms with Gasteiger partial charge in [-0.05, 0) is 42.8 Å². The normalized spacial score (nSPS) is 15.5. The fraction of sp³-hybridized carbons (Fsp3) is 0.238. The molecule has 9 heteroatoms. The van der Waals surface area contributed by atoms with Gasteiger partial charge in [-0.25, -0.2) is 0 Å². The number of carbonyl (C=O) groups excluding carboxylic acids is 1. The molecule has 1 amide bonds. The van der Waals surface area contributed by atoms with Crippen molar-refractivity contribution in [2.24, 2.45) is 0 Å². The van der Waals surface area contributed by atoms with Gasteiger partial charge in [-0.3, -0.25) is 9.89 Å². The molecular formula is C21H20ClN3O5. The molecule has 1 aromatic heterocycles. The van der Waals surface area contributed by atoms with Gasteiger partial charge in [-0.1, -0.05) is 17.7 Å². The smallest absolute Gasteiger partial charge is 0.273 e. The summed E-state index contributed by atoms with van der Waals surface area (Å²) in [7, 11) is 0. The number of aromatic amines is 1. The van der Waals surface area contributed by atoms with Gasteiger partial charge in [-0.2, -0.15) is 5.10 Å². The predicted molar refractivity (Wildman–Crippen MR) is 110 cm³/mol. The highest BCUT2D eigenvalue weighted by Crippen LogP contribution is 2.46. The van der Waals surface area contributed by atoms with Crippen LogP contribution in [0.4, 0.5) is 0 Å². The Hall–Kier alpha value is -3.23. The third-order valence-electron chi connectivity index (χ3n) is 5.02. The molecule has 8 nitrogen and oxygen atoms in total. The summed E-state index contributed by atoms with van der Waals surface area (Å²) in [6.07, 6.45) is 0. The maximum atomic E-state index is 13.0. The Morgan fingerprint density at radius 2 is 1.97 bits per heavy atom. The molecule has 0 spiro atoms. The van der Waals surface area contributed by atoms with Crippen LogP contribution in [0.15, 0.2) is 36.4 Å². The molecule has 2 heterocycles. The van der Waals surface area contributed by atoms with Crippen LogP contribution in [0.5, 0.6) is 17.2 Å². The third kappa shape index (κ3) is 3.24. The number of H-pyrrole nitrogens is 1. The van der Waals surface area contributed by atoms with Crippen LogP contribution in [0, 0.1) is 0 Å². The Morgan fingerprint density at radius 3 is 2.70 bits per heavy atom. The number of aliphatic hydroxyl groups is 1. The average Bonchev–Trinajstić information content (AvgIpc) is 3.26. The number of β-amino-alcohol motifs (C(OH)–C–C–N with tert-alkyl or cyclic N) is 1. The number of hydrogen-bond donors (Lipinski definition) is 4. The van der Waals surface area contributed by atoms with Crippen LogP contribution in [0.25, 0.3) is 11.3 Å². The van der Waals surface area contributed by atoms with Gasteiger partial charge in [0.2, 0.25) is 0 Å². The second kappa shape index (κ2) is 7.89. The van der Waals surface area contributed by atoms with E-state index in [1.54, 1.807) is 31.2 Å². The summed E-state index contributed by atoms with van der Waals surface area (Å²) < 4.78 is 5.49. The van der Waals surface area contributed by atoms with Crippen molar-refractivity contribution in [3.8, 4) is 28.5 Å². The Kier molecular flexibility index (Phi) is 5.27. The third-order valence-corrected chi connectivity index (χ3v) is 5.25. The van der Waals surface area contributed by atoms with Crippen molar-refractivity contribution in [1.82, 2.24) is 15.1 Å². The fourth-order valence-electron chi connectivity index (χ4n) is 3.76. The summed E-state index contributed by atoms with van der Waals surface area (Å²) in [5.74, 6) is -0.0779. The number of carbonyl (C=O) groups is 1. The minimum absolute atomic E-state index is 0.0150. The maximum Gasteiger partial charge on any atom is 0.273 e. The van der Waals surface area contributed by atoms with E-state index in [4.69, 9.17) is 16.3 Å². The van der Waals surface area contributed by atoms with E-state index in [1.165, 1.54) is 17.0 Å². The Morgan fingerprint density at radius 1 is 1.20 bits per heavy atom. The van der Waals surface area contributed by atoms with E-state index in [-0.39, 0.29) is 42.0 Å². The number of aromatic nitrogens is 2. The SMILES string of the molecule is CCOc1cc(C2c3c(-c4cc(Cl)ccc4O)n[nH]c3C(=O)N2CCO)ccc1O. The molecule has 2 aromatic carbocycles. The zero-order valence-corrected chi connectivity index (χ0v) is 16.8. The van der Waals surface area contributed by atoms with Gasteiger partial charge >= 0.3 is 0 Å². The van der Waals surface area contributed by atoms with Crippen molar-refractivity contribution in [1.29, 1.82) is 0 Å². The van der Waals surface area contributed by atoms with Crippen molar-refractivity contribution < 1.29 is 24.9 Å². The number of fused-ring (bicyclic) bond motifs is 1. The lowest BCUT2D eigenvalue weighted by Crippen LogP contribution is -2.32. The highest BCUT2D eigenvalue weighted by Gasteiger charge is 2.42. The van der Waals surface area contributed by atoms with E-state index in [0.717, 1.165) is 0 Å². The van der Waals surface area contributed by atoms with Gasteiger partial charge in [-0.15, -0.1) is 0 Å². The van der Waals surface area contributed by atoms with E-state index >= 15 is 0 Å². The summed E-state index contributed by atoms with van der Waals surface area (Å²) in [6, 6.07) is 8.83. The molecule has 0 fully saturated rings. The molecule has 0 saturated heterocycles. The first-order valence-corrected chi connectivity index (χ1v) is 9.78. The number of amides is 1. The lowest BCUT2D eigenvalue weighted by molar-refractivity contribution is 0.0706. The van der Waals surface area contributed by atoms with E-state index in [9.17, 15) is 20.1 Å². The summed E-state index contributed by atoms with van der Waals surface area (Å²) in [5.41, 5.74) is 2.26. The van der Waals surface area contributed by atoms with Crippen molar-refractivity contribution in [2.45, 2.75) is 13.0 Å². The molecule has 0 radical (unpaired) electrons. The van der Waals surface area contributed by atoms with Gasteiger partial charge in [0.25, 0.3) is 5.91 Å². The minimum Gasteiger partial charge on any atom is -0.507 e. The topological polar surface area (TPSA) is 119 Å². The second-order valence-corrected chi connectivity index (χ2v) is 7.24. The van der Waals surface area contributed by atoms with Crippen LogP contribution in [0.1, 0.15) is 34.6 Å².